The Hall–Kier alpha value is -2.39. The Bertz CT molecular complexity index is 574. The Morgan fingerprint density at radius 3 is 1.71 bits per heavy atom. The summed E-state index contributed by atoms with van der Waals surface area (Å²) in [7, 11) is 2.95. The number of carbonyl (C=O) groups excluding carboxylic acids is 1. The molecule has 0 saturated heterocycles. The summed E-state index contributed by atoms with van der Waals surface area (Å²) >= 11 is 0. The fraction of sp³-hybridized carbons (Fsp3) is 0.167. The number of methoxy groups -OCH3 is 2. The third kappa shape index (κ3) is 3.58. The second-order valence-electron chi connectivity index (χ2n) is 4.51. The van der Waals surface area contributed by atoms with Crippen LogP contribution in [0.4, 0.5) is 0 Å². The van der Waals surface area contributed by atoms with Crippen LogP contribution in [0.25, 0.3) is 5.57 Å². The quantitative estimate of drug-likeness (QED) is 0.623. The van der Waals surface area contributed by atoms with Crippen molar-refractivity contribution in [3.63, 3.8) is 0 Å². The summed E-state index contributed by atoms with van der Waals surface area (Å²) in [6, 6.07) is 19.6. The highest BCUT2D eigenvalue weighted by molar-refractivity contribution is 6.02. The monoisotopic (exact) mass is 282 g/mol. The summed E-state index contributed by atoms with van der Waals surface area (Å²) < 4.78 is 10.1. The first-order chi connectivity index (χ1) is 10.3. The Labute approximate surface area is 124 Å². The zero-order valence-corrected chi connectivity index (χ0v) is 12.2. The van der Waals surface area contributed by atoms with E-state index in [4.69, 9.17) is 9.47 Å². The van der Waals surface area contributed by atoms with Gasteiger partial charge in [0.2, 0.25) is 0 Å². The maximum Gasteiger partial charge on any atom is 0.336 e. The molecule has 0 radical (unpaired) electrons. The van der Waals surface area contributed by atoms with E-state index in [1.54, 1.807) is 7.11 Å². The van der Waals surface area contributed by atoms with Gasteiger partial charge in [-0.2, -0.15) is 0 Å². The molecule has 2 aromatic carbocycles. The van der Waals surface area contributed by atoms with Gasteiger partial charge in [-0.05, 0) is 11.1 Å². The molecule has 0 aliphatic heterocycles. The van der Waals surface area contributed by atoms with E-state index in [0.29, 0.717) is 5.57 Å². The van der Waals surface area contributed by atoms with Gasteiger partial charge in [0.1, 0.15) is 0 Å². The molecule has 0 saturated carbocycles. The highest BCUT2D eigenvalue weighted by atomic mass is 16.5. The van der Waals surface area contributed by atoms with Crippen molar-refractivity contribution in [3.8, 4) is 0 Å². The van der Waals surface area contributed by atoms with Crippen molar-refractivity contribution in [2.45, 2.75) is 0 Å². The van der Waals surface area contributed by atoms with E-state index in [9.17, 15) is 4.79 Å². The fourth-order valence-electron chi connectivity index (χ4n) is 2.23. The first-order valence-corrected chi connectivity index (χ1v) is 6.69. The molecule has 0 atom stereocenters. The van der Waals surface area contributed by atoms with Gasteiger partial charge in [0.15, 0.2) is 0 Å². The molecule has 0 amide bonds. The van der Waals surface area contributed by atoms with E-state index in [-0.39, 0.29) is 12.6 Å². The summed E-state index contributed by atoms with van der Waals surface area (Å²) in [5.41, 5.74) is 3.27. The van der Waals surface area contributed by atoms with Crippen LogP contribution < -0.4 is 0 Å². The van der Waals surface area contributed by atoms with Crippen molar-refractivity contribution in [1.29, 1.82) is 0 Å². The maximum atomic E-state index is 12.1. The van der Waals surface area contributed by atoms with E-state index in [0.717, 1.165) is 16.7 Å². The van der Waals surface area contributed by atoms with Crippen molar-refractivity contribution < 1.29 is 14.3 Å². The number of benzene rings is 2. The molecular formula is C18H18O3. The minimum atomic E-state index is -0.375. The first-order valence-electron chi connectivity index (χ1n) is 6.69. The fourth-order valence-corrected chi connectivity index (χ4v) is 2.23. The van der Waals surface area contributed by atoms with E-state index in [1.807, 2.05) is 60.7 Å². The summed E-state index contributed by atoms with van der Waals surface area (Å²) in [6.07, 6.45) is 0. The van der Waals surface area contributed by atoms with Crippen LogP contribution in [0.15, 0.2) is 66.2 Å². The van der Waals surface area contributed by atoms with Crippen LogP contribution in [0.2, 0.25) is 0 Å². The van der Waals surface area contributed by atoms with Crippen LogP contribution >= 0.6 is 0 Å². The standard InChI is InChI=1S/C18H18O3/c1-20-13-16(18(19)21-2)17(14-9-5-3-6-10-14)15-11-7-4-8-12-15/h3-12H,13H2,1-2H3. The lowest BCUT2D eigenvalue weighted by Crippen LogP contribution is -2.13. The van der Waals surface area contributed by atoms with Gasteiger partial charge < -0.3 is 9.47 Å². The Kier molecular flexibility index (Phi) is 5.29. The number of hydrogen-bond acceptors (Lipinski definition) is 3. The number of rotatable bonds is 5. The summed E-state index contributed by atoms with van der Waals surface area (Å²) in [5, 5.41) is 0. The van der Waals surface area contributed by atoms with Crippen LogP contribution in [0.3, 0.4) is 0 Å². The lowest BCUT2D eigenvalue weighted by molar-refractivity contribution is -0.136. The molecule has 108 valence electrons. The largest absolute Gasteiger partial charge is 0.466 e. The molecule has 3 heteroatoms. The average molecular weight is 282 g/mol. The number of ether oxygens (including phenoxy) is 2. The number of carbonyl (C=O) groups is 1. The van der Waals surface area contributed by atoms with Gasteiger partial charge in [0.05, 0.1) is 19.3 Å². The molecule has 2 rings (SSSR count). The summed E-state index contributed by atoms with van der Waals surface area (Å²) in [5.74, 6) is -0.375. The molecule has 3 nitrogen and oxygen atoms in total. The van der Waals surface area contributed by atoms with Crippen molar-refractivity contribution >= 4 is 11.5 Å². The molecule has 2 aromatic rings. The number of hydrogen-bond donors (Lipinski definition) is 0. The topological polar surface area (TPSA) is 35.5 Å². The van der Waals surface area contributed by atoms with Gasteiger partial charge >= 0.3 is 5.97 Å². The van der Waals surface area contributed by atoms with Gasteiger partial charge in [0, 0.05) is 12.7 Å². The molecule has 0 N–H and O–H groups in total. The third-order valence-electron chi connectivity index (χ3n) is 3.15. The van der Waals surface area contributed by atoms with E-state index in [1.165, 1.54) is 7.11 Å². The minimum absolute atomic E-state index is 0.200. The van der Waals surface area contributed by atoms with Gasteiger partial charge in [-0.15, -0.1) is 0 Å². The normalized spacial score (nSPS) is 10.0. The Morgan fingerprint density at radius 1 is 0.857 bits per heavy atom. The van der Waals surface area contributed by atoms with Crippen molar-refractivity contribution in [3.05, 3.63) is 77.4 Å². The van der Waals surface area contributed by atoms with E-state index in [2.05, 4.69) is 0 Å². The van der Waals surface area contributed by atoms with E-state index < -0.39 is 0 Å². The van der Waals surface area contributed by atoms with Gasteiger partial charge in [0.25, 0.3) is 0 Å². The number of esters is 1. The van der Waals surface area contributed by atoms with Gasteiger partial charge in [-0.1, -0.05) is 60.7 Å². The van der Waals surface area contributed by atoms with Crippen LogP contribution in [0.5, 0.6) is 0 Å². The van der Waals surface area contributed by atoms with Crippen molar-refractivity contribution in [2.24, 2.45) is 0 Å². The van der Waals surface area contributed by atoms with Crippen LogP contribution in [0.1, 0.15) is 11.1 Å². The molecule has 0 fully saturated rings. The van der Waals surface area contributed by atoms with Gasteiger partial charge in [-0.3, -0.25) is 0 Å². The van der Waals surface area contributed by atoms with Crippen LogP contribution in [-0.2, 0) is 14.3 Å². The van der Waals surface area contributed by atoms with Crippen molar-refractivity contribution in [1.82, 2.24) is 0 Å². The molecule has 0 aliphatic carbocycles. The highest BCUT2D eigenvalue weighted by Crippen LogP contribution is 2.27. The molecule has 0 unspecified atom stereocenters. The van der Waals surface area contributed by atoms with Crippen LogP contribution in [-0.4, -0.2) is 26.8 Å². The smallest absolute Gasteiger partial charge is 0.336 e. The first kappa shape index (κ1) is 15.0. The zero-order valence-electron chi connectivity index (χ0n) is 12.2. The molecule has 21 heavy (non-hydrogen) atoms. The van der Waals surface area contributed by atoms with Crippen molar-refractivity contribution in [2.75, 3.05) is 20.8 Å². The lowest BCUT2D eigenvalue weighted by Gasteiger charge is -2.14. The summed E-state index contributed by atoms with van der Waals surface area (Å²) in [6.45, 7) is 0.200. The highest BCUT2D eigenvalue weighted by Gasteiger charge is 2.18. The lowest BCUT2D eigenvalue weighted by atomic mass is 9.93. The Balaban J connectivity index is 2.67. The maximum absolute atomic E-state index is 12.1. The SMILES string of the molecule is COCC(C(=O)OC)=C(c1ccccc1)c1ccccc1. The molecule has 0 bridgehead atoms. The summed E-state index contributed by atoms with van der Waals surface area (Å²) in [4.78, 5) is 12.1. The second-order valence-corrected chi connectivity index (χ2v) is 4.51. The average Bonchev–Trinajstić information content (AvgIpc) is 2.55. The molecule has 0 aromatic heterocycles. The Morgan fingerprint density at radius 2 is 1.33 bits per heavy atom. The minimum Gasteiger partial charge on any atom is -0.466 e. The molecule has 0 aliphatic rings. The zero-order chi connectivity index (χ0) is 15.1. The predicted octanol–water partition coefficient (Wildman–Crippen LogP) is 3.31. The third-order valence-corrected chi connectivity index (χ3v) is 3.15. The predicted molar refractivity (Wildman–Crippen MR) is 82.8 cm³/mol. The van der Waals surface area contributed by atoms with Gasteiger partial charge in [-0.25, -0.2) is 4.79 Å². The molecular weight excluding hydrogens is 264 g/mol. The second kappa shape index (κ2) is 7.41. The van der Waals surface area contributed by atoms with E-state index >= 15 is 0 Å². The van der Waals surface area contributed by atoms with Crippen LogP contribution in [0, 0.1) is 0 Å². The molecule has 0 heterocycles. The molecule has 0 spiro atoms.